The van der Waals surface area contributed by atoms with E-state index in [9.17, 15) is 0 Å². The van der Waals surface area contributed by atoms with Gasteiger partial charge in [-0.15, -0.1) is 35.3 Å². The molecule has 2 rings (SSSR count). The Labute approximate surface area is 176 Å². The van der Waals surface area contributed by atoms with Gasteiger partial charge in [0.05, 0.1) is 20.8 Å². The number of hydrogen-bond acceptors (Lipinski definition) is 5. The van der Waals surface area contributed by atoms with Crippen LogP contribution in [-0.4, -0.2) is 50.7 Å². The second-order valence-electron chi connectivity index (χ2n) is 5.63. The van der Waals surface area contributed by atoms with E-state index in [0.717, 1.165) is 35.4 Å². The Hall–Kier alpha value is -1.55. The second-order valence-corrected chi connectivity index (χ2v) is 6.95. The monoisotopic (exact) mass is 490 g/mol. The van der Waals surface area contributed by atoms with Gasteiger partial charge in [0.1, 0.15) is 5.01 Å². The van der Waals surface area contributed by atoms with Gasteiger partial charge in [-0.1, -0.05) is 6.07 Å². The van der Waals surface area contributed by atoms with Crippen LogP contribution >= 0.6 is 35.3 Å². The Bertz CT molecular complexity index is 721. The maximum atomic E-state index is 5.36. The molecule has 0 aliphatic heterocycles. The molecule has 0 spiro atoms. The molecule has 0 radical (unpaired) electrons. The minimum atomic E-state index is 0. The molecule has 1 N–H and O–H groups in total. The number of nitrogens with one attached hydrogen (secondary N) is 1. The highest BCUT2D eigenvalue weighted by molar-refractivity contribution is 14.0. The molecule has 0 aliphatic carbocycles. The topological polar surface area (TPSA) is 59.0 Å². The van der Waals surface area contributed by atoms with Crippen molar-refractivity contribution < 1.29 is 9.47 Å². The molecule has 0 saturated carbocycles. The molecule has 0 amide bonds. The number of rotatable bonds is 7. The average Bonchev–Trinajstić information content (AvgIpc) is 3.05. The molecule has 0 fully saturated rings. The smallest absolute Gasteiger partial charge is 0.193 e. The second kappa shape index (κ2) is 11.2. The zero-order valence-electron chi connectivity index (χ0n) is 15.9. The van der Waals surface area contributed by atoms with Gasteiger partial charge in [0.2, 0.25) is 0 Å². The Morgan fingerprint density at radius 2 is 2.00 bits per heavy atom. The van der Waals surface area contributed by atoms with Crippen molar-refractivity contribution >= 4 is 41.3 Å². The summed E-state index contributed by atoms with van der Waals surface area (Å²) in [7, 11) is 7.12. The number of aliphatic imine (C=N–C) groups is 1. The van der Waals surface area contributed by atoms with Gasteiger partial charge in [0, 0.05) is 31.7 Å². The van der Waals surface area contributed by atoms with Crippen LogP contribution in [0.25, 0.3) is 0 Å². The Morgan fingerprint density at radius 1 is 1.27 bits per heavy atom. The summed E-state index contributed by atoms with van der Waals surface area (Å²) in [5, 5.41) is 4.42. The number of methoxy groups -OCH3 is 2. The van der Waals surface area contributed by atoms with Gasteiger partial charge in [-0.2, -0.15) is 0 Å². The minimum Gasteiger partial charge on any atom is -0.493 e. The van der Waals surface area contributed by atoms with E-state index in [0.29, 0.717) is 6.54 Å². The number of benzene rings is 1. The Kier molecular flexibility index (Phi) is 9.71. The first-order valence-electron chi connectivity index (χ1n) is 8.11. The van der Waals surface area contributed by atoms with Crippen molar-refractivity contribution in [2.45, 2.75) is 19.9 Å². The Balaban J connectivity index is 0.00000338. The molecule has 26 heavy (non-hydrogen) atoms. The normalized spacial score (nSPS) is 10.9. The van der Waals surface area contributed by atoms with Crippen LogP contribution in [0, 0.1) is 6.92 Å². The van der Waals surface area contributed by atoms with Crippen LogP contribution in [0.2, 0.25) is 0 Å². The first kappa shape index (κ1) is 22.5. The summed E-state index contributed by atoms with van der Waals surface area (Å²) in [5.41, 5.74) is 1.19. The third-order valence-corrected chi connectivity index (χ3v) is 4.74. The lowest BCUT2D eigenvalue weighted by Gasteiger charge is -2.22. The number of hydrogen-bond donors (Lipinski definition) is 1. The summed E-state index contributed by atoms with van der Waals surface area (Å²) in [6, 6.07) is 6.01. The average molecular weight is 490 g/mol. The van der Waals surface area contributed by atoms with E-state index < -0.39 is 0 Å². The van der Waals surface area contributed by atoms with Crippen LogP contribution in [0.5, 0.6) is 11.5 Å². The third-order valence-electron chi connectivity index (χ3n) is 3.82. The molecule has 6 nitrogen and oxygen atoms in total. The SMILES string of the molecule is CN=C(NCc1ncc(C)s1)N(C)CCc1ccc(OC)c(OC)c1.I. The summed E-state index contributed by atoms with van der Waals surface area (Å²) in [5.74, 6) is 2.36. The molecule has 8 heteroatoms. The maximum absolute atomic E-state index is 5.36. The van der Waals surface area contributed by atoms with Crippen LogP contribution in [0.1, 0.15) is 15.4 Å². The standard InChI is InChI=1S/C18H26N4O2S.HI/c1-13-11-20-17(25-13)12-21-18(19-2)22(3)9-8-14-6-7-15(23-4)16(10-14)24-5;/h6-7,10-11H,8-9,12H2,1-5H3,(H,19,21);1H. The number of halogens is 1. The highest BCUT2D eigenvalue weighted by atomic mass is 127. The van der Waals surface area contributed by atoms with Crippen molar-refractivity contribution in [2.75, 3.05) is 34.9 Å². The molecule has 144 valence electrons. The molecule has 2 aromatic rings. The predicted molar refractivity (Wildman–Crippen MR) is 118 cm³/mol. The number of aryl methyl sites for hydroxylation is 1. The van der Waals surface area contributed by atoms with Gasteiger partial charge in [-0.05, 0) is 31.0 Å². The van der Waals surface area contributed by atoms with E-state index in [4.69, 9.17) is 9.47 Å². The molecular weight excluding hydrogens is 463 g/mol. The zero-order valence-corrected chi connectivity index (χ0v) is 19.1. The van der Waals surface area contributed by atoms with E-state index >= 15 is 0 Å². The van der Waals surface area contributed by atoms with E-state index in [1.807, 2.05) is 25.4 Å². The number of aromatic nitrogens is 1. The zero-order chi connectivity index (χ0) is 18.2. The molecule has 0 atom stereocenters. The van der Waals surface area contributed by atoms with Gasteiger partial charge in [-0.3, -0.25) is 4.99 Å². The number of ether oxygens (including phenoxy) is 2. The van der Waals surface area contributed by atoms with Crippen molar-refractivity contribution in [2.24, 2.45) is 4.99 Å². The lowest BCUT2D eigenvalue weighted by molar-refractivity contribution is 0.354. The summed E-state index contributed by atoms with van der Waals surface area (Å²) in [6.07, 6.45) is 2.78. The van der Waals surface area contributed by atoms with Gasteiger partial charge in [0.25, 0.3) is 0 Å². The van der Waals surface area contributed by atoms with Gasteiger partial charge < -0.3 is 19.7 Å². The van der Waals surface area contributed by atoms with Gasteiger partial charge in [0.15, 0.2) is 17.5 Å². The van der Waals surface area contributed by atoms with Crippen LogP contribution in [0.4, 0.5) is 0 Å². The quantitative estimate of drug-likeness (QED) is 0.367. The highest BCUT2D eigenvalue weighted by Crippen LogP contribution is 2.27. The number of thiazole rings is 1. The fourth-order valence-electron chi connectivity index (χ4n) is 2.46. The maximum Gasteiger partial charge on any atom is 0.193 e. The largest absolute Gasteiger partial charge is 0.493 e. The fraction of sp³-hybridized carbons (Fsp3) is 0.444. The van der Waals surface area contributed by atoms with Crippen LogP contribution in [0.15, 0.2) is 29.4 Å². The highest BCUT2D eigenvalue weighted by Gasteiger charge is 2.09. The van der Waals surface area contributed by atoms with Crippen LogP contribution in [-0.2, 0) is 13.0 Å². The van der Waals surface area contributed by atoms with Crippen molar-refractivity contribution in [1.29, 1.82) is 0 Å². The molecule has 1 aromatic carbocycles. The summed E-state index contributed by atoms with van der Waals surface area (Å²) < 4.78 is 10.6. The molecule has 0 bridgehead atoms. The predicted octanol–water partition coefficient (Wildman–Crippen LogP) is 3.34. The summed E-state index contributed by atoms with van der Waals surface area (Å²) >= 11 is 1.70. The molecule has 1 aromatic heterocycles. The first-order chi connectivity index (χ1) is 12.1. The van der Waals surface area contributed by atoms with E-state index in [-0.39, 0.29) is 24.0 Å². The molecule has 1 heterocycles. The molecule has 0 aliphatic rings. The van der Waals surface area contributed by atoms with Crippen LogP contribution in [0.3, 0.4) is 0 Å². The van der Waals surface area contributed by atoms with E-state index in [2.05, 4.69) is 33.2 Å². The number of nitrogens with zero attached hydrogens (tertiary/aromatic N) is 3. The van der Waals surface area contributed by atoms with E-state index in [1.54, 1.807) is 32.6 Å². The van der Waals surface area contributed by atoms with Crippen molar-refractivity contribution in [3.05, 3.63) is 39.8 Å². The lowest BCUT2D eigenvalue weighted by Crippen LogP contribution is -2.39. The van der Waals surface area contributed by atoms with E-state index in [1.165, 1.54) is 10.4 Å². The van der Waals surface area contributed by atoms with Crippen molar-refractivity contribution in [3.63, 3.8) is 0 Å². The lowest BCUT2D eigenvalue weighted by atomic mass is 10.1. The molecule has 0 unspecified atom stereocenters. The summed E-state index contributed by atoms with van der Waals surface area (Å²) in [4.78, 5) is 12.0. The molecular formula is C18H27IN4O2S. The number of likely N-dealkylation sites (N-methyl/N-ethyl adjacent to an activating group) is 1. The van der Waals surface area contributed by atoms with Gasteiger partial charge >= 0.3 is 0 Å². The fourth-order valence-corrected chi connectivity index (χ4v) is 3.19. The Morgan fingerprint density at radius 3 is 2.58 bits per heavy atom. The van der Waals surface area contributed by atoms with Crippen molar-refractivity contribution in [1.82, 2.24) is 15.2 Å². The number of guanidine groups is 1. The van der Waals surface area contributed by atoms with Crippen LogP contribution < -0.4 is 14.8 Å². The third kappa shape index (κ3) is 6.31. The molecule has 0 saturated heterocycles. The minimum absolute atomic E-state index is 0. The van der Waals surface area contributed by atoms with Gasteiger partial charge in [-0.25, -0.2) is 4.98 Å². The first-order valence-corrected chi connectivity index (χ1v) is 8.93. The van der Waals surface area contributed by atoms with Crippen molar-refractivity contribution in [3.8, 4) is 11.5 Å². The summed E-state index contributed by atoms with van der Waals surface area (Å²) in [6.45, 7) is 3.59.